The molecule has 3 nitrogen and oxygen atoms in total. The Hall–Kier alpha value is -0.570. The van der Waals surface area contributed by atoms with Crippen LogP contribution >= 0.6 is 0 Å². The molecule has 1 N–H and O–H groups in total. The van der Waals surface area contributed by atoms with Crippen LogP contribution in [0.3, 0.4) is 0 Å². The van der Waals surface area contributed by atoms with Crippen molar-refractivity contribution < 1.29 is 9.53 Å². The van der Waals surface area contributed by atoms with E-state index < -0.39 is 0 Å². The fourth-order valence-corrected chi connectivity index (χ4v) is 1.49. The van der Waals surface area contributed by atoms with Gasteiger partial charge in [-0.3, -0.25) is 4.79 Å². The second-order valence-electron chi connectivity index (χ2n) is 3.01. The quantitative estimate of drug-likeness (QED) is 0.595. The van der Waals surface area contributed by atoms with Crippen LogP contribution in [0.4, 0.5) is 0 Å². The molecule has 1 rings (SSSR count). The molecule has 0 radical (unpaired) electrons. The molecule has 11 heavy (non-hydrogen) atoms. The number of methoxy groups -OCH3 is 1. The van der Waals surface area contributed by atoms with Gasteiger partial charge < -0.3 is 10.1 Å². The third kappa shape index (κ3) is 1.93. The maximum absolute atomic E-state index is 11.0. The predicted octanol–water partition coefficient (Wildman–Crippen LogP) is 0.547. The Labute approximate surface area is 67.1 Å². The van der Waals surface area contributed by atoms with Crippen LogP contribution in [0.15, 0.2) is 0 Å². The van der Waals surface area contributed by atoms with Crippen molar-refractivity contribution in [2.75, 3.05) is 13.7 Å². The highest BCUT2D eigenvalue weighted by Gasteiger charge is 2.26. The standard InChI is InChI=1S/C8H15NO2/c1-6(8(10)11-2)7-4-3-5-9-7/h6-7,9H,3-5H2,1-2H3/t6-,7+/m1/s1. The Morgan fingerprint density at radius 1 is 1.73 bits per heavy atom. The third-order valence-corrected chi connectivity index (χ3v) is 2.27. The minimum Gasteiger partial charge on any atom is -0.469 e. The summed E-state index contributed by atoms with van der Waals surface area (Å²) in [7, 11) is 1.44. The predicted molar refractivity (Wildman–Crippen MR) is 42.2 cm³/mol. The molecule has 0 aliphatic carbocycles. The third-order valence-electron chi connectivity index (χ3n) is 2.27. The lowest BCUT2D eigenvalue weighted by molar-refractivity contribution is -0.145. The Morgan fingerprint density at radius 2 is 2.45 bits per heavy atom. The van der Waals surface area contributed by atoms with Gasteiger partial charge in [-0.05, 0) is 19.4 Å². The summed E-state index contributed by atoms with van der Waals surface area (Å²) < 4.78 is 4.65. The van der Waals surface area contributed by atoms with Crippen molar-refractivity contribution in [3.05, 3.63) is 0 Å². The van der Waals surface area contributed by atoms with Crippen LogP contribution in [-0.4, -0.2) is 25.7 Å². The van der Waals surface area contributed by atoms with Crippen LogP contribution in [0.5, 0.6) is 0 Å². The molecule has 0 aromatic rings. The number of carbonyl (C=O) groups is 1. The van der Waals surface area contributed by atoms with E-state index in [1.165, 1.54) is 13.5 Å². The van der Waals surface area contributed by atoms with E-state index in [2.05, 4.69) is 10.1 Å². The summed E-state index contributed by atoms with van der Waals surface area (Å²) in [5, 5.41) is 3.27. The van der Waals surface area contributed by atoms with Crippen LogP contribution in [-0.2, 0) is 9.53 Å². The number of ether oxygens (including phenoxy) is 1. The number of rotatable bonds is 2. The first-order valence-corrected chi connectivity index (χ1v) is 4.07. The molecule has 0 amide bonds. The zero-order valence-electron chi connectivity index (χ0n) is 7.09. The first-order valence-electron chi connectivity index (χ1n) is 4.07. The summed E-state index contributed by atoms with van der Waals surface area (Å²) >= 11 is 0. The molecule has 3 heteroatoms. The smallest absolute Gasteiger partial charge is 0.309 e. The molecule has 0 unspecified atom stereocenters. The van der Waals surface area contributed by atoms with Gasteiger partial charge in [-0.15, -0.1) is 0 Å². The van der Waals surface area contributed by atoms with E-state index in [4.69, 9.17) is 0 Å². The van der Waals surface area contributed by atoms with Gasteiger partial charge in [0.05, 0.1) is 13.0 Å². The topological polar surface area (TPSA) is 38.3 Å². The zero-order chi connectivity index (χ0) is 8.27. The minimum atomic E-state index is -0.107. The molecule has 1 aliphatic rings. The second-order valence-corrected chi connectivity index (χ2v) is 3.01. The first-order chi connectivity index (χ1) is 5.25. The summed E-state index contributed by atoms with van der Waals surface area (Å²) in [4.78, 5) is 11.0. The van der Waals surface area contributed by atoms with E-state index in [1.54, 1.807) is 0 Å². The minimum absolute atomic E-state index is 0.00231. The van der Waals surface area contributed by atoms with Crippen LogP contribution < -0.4 is 5.32 Å². The second kappa shape index (κ2) is 3.72. The van der Waals surface area contributed by atoms with E-state index in [0.29, 0.717) is 6.04 Å². The molecule has 0 aromatic heterocycles. The lowest BCUT2D eigenvalue weighted by Gasteiger charge is -2.16. The van der Waals surface area contributed by atoms with Gasteiger partial charge in [-0.2, -0.15) is 0 Å². The fraction of sp³-hybridized carbons (Fsp3) is 0.875. The van der Waals surface area contributed by atoms with Gasteiger partial charge in [0.1, 0.15) is 0 Å². The molecule has 1 fully saturated rings. The lowest BCUT2D eigenvalue weighted by Crippen LogP contribution is -2.34. The van der Waals surface area contributed by atoms with E-state index in [-0.39, 0.29) is 11.9 Å². The van der Waals surface area contributed by atoms with Crippen LogP contribution in [0.25, 0.3) is 0 Å². The number of esters is 1. The maximum Gasteiger partial charge on any atom is 0.309 e. The van der Waals surface area contributed by atoms with Crippen molar-refractivity contribution in [1.82, 2.24) is 5.32 Å². The number of nitrogens with one attached hydrogen (secondary N) is 1. The van der Waals surface area contributed by atoms with Crippen LogP contribution in [0.2, 0.25) is 0 Å². The summed E-state index contributed by atoms with van der Waals surface area (Å²) in [6.45, 7) is 2.95. The Balaban J connectivity index is 2.39. The van der Waals surface area contributed by atoms with E-state index in [9.17, 15) is 4.79 Å². The maximum atomic E-state index is 11.0. The molecule has 2 atom stereocenters. The Kier molecular flexibility index (Phi) is 2.88. The molecule has 1 aliphatic heterocycles. The summed E-state index contributed by atoms with van der Waals surface area (Å²) in [5.74, 6) is -0.105. The summed E-state index contributed by atoms with van der Waals surface area (Å²) in [6.07, 6.45) is 2.27. The Morgan fingerprint density at radius 3 is 2.91 bits per heavy atom. The molecule has 0 aromatic carbocycles. The Bertz CT molecular complexity index is 141. The number of hydrogen-bond donors (Lipinski definition) is 1. The van der Waals surface area contributed by atoms with Gasteiger partial charge in [0, 0.05) is 6.04 Å². The van der Waals surface area contributed by atoms with Crippen molar-refractivity contribution in [3.8, 4) is 0 Å². The number of carbonyl (C=O) groups excluding carboxylic acids is 1. The SMILES string of the molecule is COC(=O)[C@H](C)[C@@H]1CCCN1. The zero-order valence-corrected chi connectivity index (χ0v) is 7.09. The van der Waals surface area contributed by atoms with E-state index in [1.807, 2.05) is 6.92 Å². The molecule has 0 bridgehead atoms. The molecule has 0 spiro atoms. The van der Waals surface area contributed by atoms with E-state index in [0.717, 1.165) is 13.0 Å². The average Bonchev–Trinajstić information content (AvgIpc) is 2.53. The fourth-order valence-electron chi connectivity index (χ4n) is 1.49. The van der Waals surface area contributed by atoms with Crippen molar-refractivity contribution in [3.63, 3.8) is 0 Å². The van der Waals surface area contributed by atoms with Gasteiger partial charge in [-0.1, -0.05) is 6.92 Å². The molecular formula is C8H15NO2. The van der Waals surface area contributed by atoms with Crippen molar-refractivity contribution in [2.24, 2.45) is 5.92 Å². The normalized spacial score (nSPS) is 26.5. The monoisotopic (exact) mass is 157 g/mol. The van der Waals surface area contributed by atoms with Crippen molar-refractivity contribution in [1.29, 1.82) is 0 Å². The largest absolute Gasteiger partial charge is 0.469 e. The van der Waals surface area contributed by atoms with Crippen LogP contribution in [0, 0.1) is 5.92 Å². The summed E-state index contributed by atoms with van der Waals surface area (Å²) in [6, 6.07) is 0.336. The highest BCUT2D eigenvalue weighted by atomic mass is 16.5. The van der Waals surface area contributed by atoms with Crippen molar-refractivity contribution in [2.45, 2.75) is 25.8 Å². The lowest BCUT2D eigenvalue weighted by atomic mass is 10.0. The van der Waals surface area contributed by atoms with E-state index >= 15 is 0 Å². The molecule has 0 saturated carbocycles. The summed E-state index contributed by atoms with van der Waals surface area (Å²) in [5.41, 5.74) is 0. The number of hydrogen-bond acceptors (Lipinski definition) is 3. The van der Waals surface area contributed by atoms with Gasteiger partial charge >= 0.3 is 5.97 Å². The van der Waals surface area contributed by atoms with Gasteiger partial charge in [0.15, 0.2) is 0 Å². The first kappa shape index (κ1) is 8.53. The van der Waals surface area contributed by atoms with Crippen LogP contribution in [0.1, 0.15) is 19.8 Å². The highest BCUT2D eigenvalue weighted by molar-refractivity contribution is 5.72. The van der Waals surface area contributed by atoms with Gasteiger partial charge in [0.25, 0.3) is 0 Å². The molecule has 1 heterocycles. The van der Waals surface area contributed by atoms with Crippen molar-refractivity contribution >= 4 is 5.97 Å². The van der Waals surface area contributed by atoms with Gasteiger partial charge in [-0.25, -0.2) is 0 Å². The molecule has 64 valence electrons. The van der Waals surface area contributed by atoms with Gasteiger partial charge in [0.2, 0.25) is 0 Å². The molecular weight excluding hydrogens is 142 g/mol. The highest BCUT2D eigenvalue weighted by Crippen LogP contribution is 2.15. The average molecular weight is 157 g/mol. The molecule has 1 saturated heterocycles.